The Morgan fingerprint density at radius 1 is 0.784 bits per heavy atom. The monoisotopic (exact) mass is 693 g/mol. The Morgan fingerprint density at radius 3 is 2.27 bits per heavy atom. The van der Waals surface area contributed by atoms with Crippen molar-refractivity contribution in [2.45, 2.75) is 60.9 Å². The van der Waals surface area contributed by atoms with Gasteiger partial charge in [-0.25, -0.2) is 0 Å². The topological polar surface area (TPSA) is 40.2 Å². The minimum Gasteiger partial charge on any atom is -0.497 e. The molecule has 2 aliphatic carbocycles. The van der Waals surface area contributed by atoms with E-state index in [0.717, 1.165) is 72.9 Å². The molecule has 5 aromatic rings. The number of morpholine rings is 1. The SMILES string of the molecule is COc1ccc(C2(c3ccc(N4CCOCC4)cc3)C=Cc3c4c(c5cc6c(cc5c3O2)OCS6)-c2ccccc2C42CCCCCCC2)cc1. The second-order valence-electron chi connectivity index (χ2n) is 14.7. The second-order valence-corrected chi connectivity index (χ2v) is 15.6. The van der Waals surface area contributed by atoms with E-state index in [1.165, 1.54) is 75.9 Å². The molecule has 1 saturated carbocycles. The predicted molar refractivity (Wildman–Crippen MR) is 207 cm³/mol. The molecule has 2 fully saturated rings. The summed E-state index contributed by atoms with van der Waals surface area (Å²) in [5.41, 5.74) is 9.47. The van der Waals surface area contributed by atoms with Crippen molar-refractivity contribution in [3.05, 3.63) is 119 Å². The van der Waals surface area contributed by atoms with Gasteiger partial charge in [0.2, 0.25) is 0 Å². The first-order valence-corrected chi connectivity index (χ1v) is 19.7. The molecule has 0 amide bonds. The van der Waals surface area contributed by atoms with Crippen LogP contribution in [0.2, 0.25) is 0 Å². The van der Waals surface area contributed by atoms with Gasteiger partial charge in [0.05, 0.1) is 25.2 Å². The highest BCUT2D eigenvalue weighted by molar-refractivity contribution is 7.99. The molecule has 5 nitrogen and oxygen atoms in total. The van der Waals surface area contributed by atoms with Crippen molar-refractivity contribution in [1.29, 1.82) is 0 Å². The highest BCUT2D eigenvalue weighted by Gasteiger charge is 2.48. The van der Waals surface area contributed by atoms with Gasteiger partial charge in [0.1, 0.15) is 23.2 Å². The lowest BCUT2D eigenvalue weighted by molar-refractivity contribution is 0.122. The molecule has 258 valence electrons. The summed E-state index contributed by atoms with van der Waals surface area (Å²) >= 11 is 1.79. The van der Waals surface area contributed by atoms with Gasteiger partial charge in [-0.2, -0.15) is 0 Å². The maximum Gasteiger partial charge on any atom is 0.178 e. The van der Waals surface area contributed by atoms with Crippen molar-refractivity contribution in [3.63, 3.8) is 0 Å². The number of methoxy groups -OCH3 is 1. The molecule has 1 atom stereocenters. The molecular formula is C45H43NO4S. The molecule has 6 heteroatoms. The van der Waals surface area contributed by atoms with Gasteiger partial charge in [0, 0.05) is 46.3 Å². The molecule has 1 unspecified atom stereocenters. The molecule has 5 aliphatic rings. The summed E-state index contributed by atoms with van der Waals surface area (Å²) in [6.07, 6.45) is 13.5. The smallest absolute Gasteiger partial charge is 0.178 e. The molecule has 0 radical (unpaired) electrons. The summed E-state index contributed by atoms with van der Waals surface area (Å²) in [7, 11) is 1.72. The molecule has 3 aliphatic heterocycles. The summed E-state index contributed by atoms with van der Waals surface area (Å²) < 4.78 is 25.2. The van der Waals surface area contributed by atoms with Gasteiger partial charge in [-0.15, -0.1) is 0 Å². The molecule has 10 rings (SSSR count). The number of hydrogen-bond donors (Lipinski definition) is 0. The highest BCUT2D eigenvalue weighted by atomic mass is 32.2. The first kappa shape index (κ1) is 31.4. The number of hydrogen-bond acceptors (Lipinski definition) is 6. The van der Waals surface area contributed by atoms with Crippen LogP contribution in [0.4, 0.5) is 5.69 Å². The molecule has 51 heavy (non-hydrogen) atoms. The molecule has 3 heterocycles. The number of thioether (sulfide) groups is 1. The zero-order chi connectivity index (χ0) is 34.0. The van der Waals surface area contributed by atoms with E-state index in [-0.39, 0.29) is 5.41 Å². The van der Waals surface area contributed by atoms with E-state index in [0.29, 0.717) is 5.94 Å². The molecule has 0 N–H and O–H groups in total. The maximum atomic E-state index is 7.71. The van der Waals surface area contributed by atoms with Crippen molar-refractivity contribution in [1.82, 2.24) is 0 Å². The summed E-state index contributed by atoms with van der Waals surface area (Å²) in [5, 5.41) is 2.39. The van der Waals surface area contributed by atoms with Crippen LogP contribution in [0.3, 0.4) is 0 Å². The van der Waals surface area contributed by atoms with Crippen molar-refractivity contribution >= 4 is 34.3 Å². The Balaban J connectivity index is 1.22. The normalized spacial score (nSPS) is 21.5. The van der Waals surface area contributed by atoms with E-state index in [2.05, 4.69) is 89.8 Å². The highest BCUT2D eigenvalue weighted by Crippen LogP contribution is 2.62. The lowest BCUT2D eigenvalue weighted by atomic mass is 9.67. The van der Waals surface area contributed by atoms with Crippen LogP contribution in [-0.4, -0.2) is 39.4 Å². The zero-order valence-corrected chi connectivity index (χ0v) is 30.0. The van der Waals surface area contributed by atoms with Crippen LogP contribution in [0.1, 0.15) is 72.8 Å². The fourth-order valence-corrected chi connectivity index (χ4v) is 10.4. The maximum absolute atomic E-state index is 7.71. The third-order valence-electron chi connectivity index (χ3n) is 12.1. The Morgan fingerprint density at radius 2 is 1.51 bits per heavy atom. The van der Waals surface area contributed by atoms with Crippen molar-refractivity contribution in [3.8, 4) is 28.4 Å². The Kier molecular flexibility index (Phi) is 7.61. The van der Waals surface area contributed by atoms with E-state index in [1.54, 1.807) is 18.9 Å². The fraction of sp³-hybridized carbons (Fsp3) is 0.333. The van der Waals surface area contributed by atoms with Crippen molar-refractivity contribution in [2.75, 3.05) is 44.3 Å². The number of nitrogens with zero attached hydrogens (tertiary/aromatic N) is 1. The minimum atomic E-state index is -0.849. The fourth-order valence-electron chi connectivity index (χ4n) is 9.64. The zero-order valence-electron chi connectivity index (χ0n) is 29.2. The van der Waals surface area contributed by atoms with Crippen LogP contribution in [0, 0.1) is 0 Å². The molecule has 5 aromatic carbocycles. The quantitative estimate of drug-likeness (QED) is 0.187. The first-order chi connectivity index (χ1) is 25.2. The number of rotatable bonds is 4. The van der Waals surface area contributed by atoms with Gasteiger partial charge in [0.25, 0.3) is 0 Å². The predicted octanol–water partition coefficient (Wildman–Crippen LogP) is 10.5. The minimum absolute atomic E-state index is 0.0408. The lowest BCUT2D eigenvalue weighted by Gasteiger charge is -2.40. The van der Waals surface area contributed by atoms with Gasteiger partial charge in [-0.3, -0.25) is 0 Å². The summed E-state index contributed by atoms with van der Waals surface area (Å²) in [6, 6.07) is 31.3. The summed E-state index contributed by atoms with van der Waals surface area (Å²) in [5.74, 6) is 3.37. The second kappa shape index (κ2) is 12.4. The first-order valence-electron chi connectivity index (χ1n) is 18.7. The van der Waals surface area contributed by atoms with Gasteiger partial charge in [0.15, 0.2) is 5.60 Å². The number of ether oxygens (including phenoxy) is 4. The summed E-state index contributed by atoms with van der Waals surface area (Å²) in [6.45, 7) is 3.32. The molecule has 0 aromatic heterocycles. The van der Waals surface area contributed by atoms with Crippen LogP contribution >= 0.6 is 11.8 Å². The van der Waals surface area contributed by atoms with Crippen LogP contribution in [0.5, 0.6) is 17.2 Å². The Labute approximate surface area is 304 Å². The van der Waals surface area contributed by atoms with Gasteiger partial charge >= 0.3 is 0 Å². The van der Waals surface area contributed by atoms with E-state index in [4.69, 9.17) is 18.9 Å². The van der Waals surface area contributed by atoms with E-state index in [9.17, 15) is 0 Å². The van der Waals surface area contributed by atoms with Crippen LogP contribution in [0.15, 0.2) is 95.9 Å². The van der Waals surface area contributed by atoms with Gasteiger partial charge < -0.3 is 23.8 Å². The molecule has 0 bridgehead atoms. The van der Waals surface area contributed by atoms with Crippen LogP contribution < -0.4 is 19.1 Å². The Bertz CT molecular complexity index is 2160. The number of anilines is 1. The van der Waals surface area contributed by atoms with Crippen molar-refractivity contribution in [2.24, 2.45) is 0 Å². The molecular weight excluding hydrogens is 651 g/mol. The average Bonchev–Trinajstić information content (AvgIpc) is 3.76. The van der Waals surface area contributed by atoms with E-state index in [1.807, 2.05) is 12.1 Å². The van der Waals surface area contributed by atoms with Gasteiger partial charge in [-0.1, -0.05) is 98.5 Å². The van der Waals surface area contributed by atoms with Gasteiger partial charge in [-0.05, 0) is 83.0 Å². The van der Waals surface area contributed by atoms with Crippen LogP contribution in [-0.2, 0) is 15.8 Å². The number of fused-ring (bicyclic) bond motifs is 11. The van der Waals surface area contributed by atoms with Crippen LogP contribution in [0.25, 0.3) is 28.0 Å². The third kappa shape index (κ3) is 4.86. The van der Waals surface area contributed by atoms with E-state index < -0.39 is 5.60 Å². The Hall–Kier alpha value is -4.39. The lowest BCUT2D eigenvalue weighted by Crippen LogP contribution is -2.37. The molecule has 1 spiro atoms. The average molecular weight is 694 g/mol. The molecule has 1 saturated heterocycles. The number of benzene rings is 5. The third-order valence-corrected chi connectivity index (χ3v) is 13.0. The largest absolute Gasteiger partial charge is 0.497 e. The standard InChI is InChI=1S/C45H43NO4S/c1-47-33-17-13-31(14-18-33)45(30-11-15-32(16-12-30)46-23-25-48-26-24-46)22-19-35-42-41(36-28-40-39(49-29-51-40)27-37(36)43(35)50-45)34-9-5-6-10-38(34)44(42)20-7-3-2-4-8-21-44/h5-6,9-19,22,27-28H,2-4,7-8,20-21,23-26,29H2,1H3. The van der Waals surface area contributed by atoms with Crippen molar-refractivity contribution < 1.29 is 18.9 Å². The summed E-state index contributed by atoms with van der Waals surface area (Å²) in [4.78, 5) is 3.62. The van der Waals surface area contributed by atoms with E-state index >= 15 is 0 Å².